The second kappa shape index (κ2) is 7.50. The van der Waals surface area contributed by atoms with E-state index in [1.54, 1.807) is 0 Å². The Kier molecular flexibility index (Phi) is 4.47. The second-order valence-electron chi connectivity index (χ2n) is 9.04. The molecule has 1 unspecified atom stereocenters. The molecule has 0 nitrogen and oxygen atoms in total. The highest BCUT2D eigenvalue weighted by Crippen LogP contribution is 2.51. The van der Waals surface area contributed by atoms with Crippen LogP contribution in [-0.4, -0.2) is 0 Å². The van der Waals surface area contributed by atoms with Gasteiger partial charge >= 0.3 is 0 Å². The van der Waals surface area contributed by atoms with Crippen molar-refractivity contribution >= 4 is 0 Å². The summed E-state index contributed by atoms with van der Waals surface area (Å²) < 4.78 is 0. The molecule has 0 saturated carbocycles. The van der Waals surface area contributed by atoms with Gasteiger partial charge in [-0.15, -0.1) is 0 Å². The molecule has 32 heavy (non-hydrogen) atoms. The molecule has 0 amide bonds. The molecule has 154 valence electrons. The van der Waals surface area contributed by atoms with Crippen molar-refractivity contribution in [2.45, 2.75) is 25.2 Å². The predicted octanol–water partition coefficient (Wildman–Crippen LogP) is 8.12. The van der Waals surface area contributed by atoms with E-state index in [2.05, 4.69) is 122 Å². The number of hydrogen-bond donors (Lipinski definition) is 0. The number of benzene rings is 4. The van der Waals surface area contributed by atoms with Gasteiger partial charge in [-0.25, -0.2) is 0 Å². The third kappa shape index (κ3) is 2.91. The first-order valence-electron chi connectivity index (χ1n) is 11.5. The van der Waals surface area contributed by atoms with Crippen molar-refractivity contribution in [1.82, 2.24) is 0 Å². The fraction of sp³-hybridized carbons (Fsp3) is 0.125. The van der Waals surface area contributed by atoms with E-state index in [0.29, 0.717) is 0 Å². The lowest BCUT2D eigenvalue weighted by Gasteiger charge is -2.37. The Morgan fingerprint density at radius 3 is 2.09 bits per heavy atom. The molecule has 2 aliphatic rings. The Labute approximate surface area is 190 Å². The van der Waals surface area contributed by atoms with Crippen LogP contribution in [0.25, 0.3) is 22.3 Å². The summed E-state index contributed by atoms with van der Waals surface area (Å²) in [5.74, 6) is 0. The zero-order chi connectivity index (χ0) is 21.5. The van der Waals surface area contributed by atoms with Crippen LogP contribution in [0.2, 0.25) is 0 Å². The molecule has 4 aromatic carbocycles. The van der Waals surface area contributed by atoms with Gasteiger partial charge in [-0.05, 0) is 64.3 Å². The van der Waals surface area contributed by atoms with Crippen LogP contribution in [0.3, 0.4) is 0 Å². The summed E-state index contributed by atoms with van der Waals surface area (Å²) in [6, 6.07) is 35.6. The number of allylic oxidation sites excluding steroid dienone is 4. The molecule has 0 saturated heterocycles. The first-order chi connectivity index (χ1) is 15.8. The van der Waals surface area contributed by atoms with Gasteiger partial charge in [-0.3, -0.25) is 0 Å². The molecule has 1 atom stereocenters. The maximum Gasteiger partial charge on any atom is 0.0428 e. The van der Waals surface area contributed by atoms with Gasteiger partial charge in [0, 0.05) is 5.41 Å². The van der Waals surface area contributed by atoms with Crippen molar-refractivity contribution in [3.63, 3.8) is 0 Å². The minimum atomic E-state index is -0.181. The average molecular weight is 411 g/mol. The Morgan fingerprint density at radius 1 is 0.656 bits per heavy atom. The van der Waals surface area contributed by atoms with Crippen molar-refractivity contribution < 1.29 is 0 Å². The number of fused-ring (bicyclic) bond motifs is 3. The van der Waals surface area contributed by atoms with Gasteiger partial charge in [-0.1, -0.05) is 121 Å². The van der Waals surface area contributed by atoms with E-state index in [4.69, 9.17) is 0 Å². The normalized spacial score (nSPS) is 18.7. The first-order valence-corrected chi connectivity index (χ1v) is 11.5. The Bertz CT molecular complexity index is 1360. The molecular weight excluding hydrogens is 384 g/mol. The molecule has 0 N–H and O–H groups in total. The molecule has 0 fully saturated rings. The van der Waals surface area contributed by atoms with Crippen LogP contribution < -0.4 is 0 Å². The third-order valence-corrected chi connectivity index (χ3v) is 7.18. The zero-order valence-corrected chi connectivity index (χ0v) is 18.4. The van der Waals surface area contributed by atoms with E-state index in [-0.39, 0.29) is 5.41 Å². The van der Waals surface area contributed by atoms with Gasteiger partial charge in [0.05, 0.1) is 0 Å². The van der Waals surface area contributed by atoms with Gasteiger partial charge < -0.3 is 0 Å². The summed E-state index contributed by atoms with van der Waals surface area (Å²) in [5, 5.41) is 0. The minimum Gasteiger partial charge on any atom is -0.0801 e. The van der Waals surface area contributed by atoms with Gasteiger partial charge in [0.2, 0.25) is 0 Å². The minimum absolute atomic E-state index is 0.181. The van der Waals surface area contributed by atoms with Crippen LogP contribution in [0.5, 0.6) is 0 Å². The van der Waals surface area contributed by atoms with Crippen molar-refractivity contribution in [1.29, 1.82) is 0 Å². The summed E-state index contributed by atoms with van der Waals surface area (Å²) >= 11 is 0. The predicted molar refractivity (Wildman–Crippen MR) is 135 cm³/mol. The van der Waals surface area contributed by atoms with E-state index >= 15 is 0 Å². The lowest BCUT2D eigenvalue weighted by Crippen LogP contribution is -2.28. The SMILES string of the molecule is CC1=CCC(c2ccccc2)(c2c(-c3ccccc3)ccc3c2Cc2ccccc2-3)C=C1. The third-order valence-electron chi connectivity index (χ3n) is 7.18. The Morgan fingerprint density at radius 2 is 1.34 bits per heavy atom. The average Bonchev–Trinajstić information content (AvgIpc) is 3.24. The molecule has 0 radical (unpaired) electrons. The van der Waals surface area contributed by atoms with Crippen molar-refractivity contribution in [3.8, 4) is 22.3 Å². The fourth-order valence-electron chi connectivity index (χ4n) is 5.59. The van der Waals surface area contributed by atoms with E-state index in [1.165, 1.54) is 50.1 Å². The summed E-state index contributed by atoms with van der Waals surface area (Å²) in [5.41, 5.74) is 12.3. The van der Waals surface area contributed by atoms with Crippen LogP contribution >= 0.6 is 0 Å². The molecule has 0 heterocycles. The highest BCUT2D eigenvalue weighted by molar-refractivity contribution is 5.85. The topological polar surface area (TPSA) is 0 Å². The van der Waals surface area contributed by atoms with E-state index in [0.717, 1.165) is 12.8 Å². The van der Waals surface area contributed by atoms with Crippen LogP contribution in [0, 0.1) is 0 Å². The lowest BCUT2D eigenvalue weighted by atomic mass is 9.65. The monoisotopic (exact) mass is 410 g/mol. The summed E-state index contributed by atoms with van der Waals surface area (Å²) in [6.07, 6.45) is 9.15. The number of rotatable bonds is 3. The van der Waals surface area contributed by atoms with Crippen molar-refractivity contribution in [2.24, 2.45) is 0 Å². The fourth-order valence-corrected chi connectivity index (χ4v) is 5.59. The molecule has 0 aromatic heterocycles. The molecule has 0 heteroatoms. The Hall–Kier alpha value is -3.64. The van der Waals surface area contributed by atoms with Crippen LogP contribution in [-0.2, 0) is 11.8 Å². The van der Waals surface area contributed by atoms with Crippen LogP contribution in [0.15, 0.2) is 121 Å². The second-order valence-corrected chi connectivity index (χ2v) is 9.04. The highest BCUT2D eigenvalue weighted by atomic mass is 14.4. The maximum atomic E-state index is 2.46. The molecule has 0 bridgehead atoms. The van der Waals surface area contributed by atoms with Gasteiger partial charge in [0.1, 0.15) is 0 Å². The van der Waals surface area contributed by atoms with Gasteiger partial charge in [-0.2, -0.15) is 0 Å². The summed E-state index contributed by atoms with van der Waals surface area (Å²) in [6.45, 7) is 2.20. The smallest absolute Gasteiger partial charge is 0.0428 e. The maximum absolute atomic E-state index is 2.46. The van der Waals surface area contributed by atoms with E-state index in [9.17, 15) is 0 Å². The lowest BCUT2D eigenvalue weighted by molar-refractivity contribution is 0.640. The molecule has 6 rings (SSSR count). The van der Waals surface area contributed by atoms with Crippen molar-refractivity contribution in [2.75, 3.05) is 0 Å². The molecule has 0 spiro atoms. The highest BCUT2D eigenvalue weighted by Gasteiger charge is 2.38. The van der Waals surface area contributed by atoms with Crippen LogP contribution in [0.4, 0.5) is 0 Å². The number of hydrogen-bond acceptors (Lipinski definition) is 0. The molecule has 2 aliphatic carbocycles. The summed E-state index contributed by atoms with van der Waals surface area (Å²) in [4.78, 5) is 0. The first kappa shape index (κ1) is 19.1. The van der Waals surface area contributed by atoms with E-state index < -0.39 is 0 Å². The molecular formula is C32H26. The zero-order valence-electron chi connectivity index (χ0n) is 18.4. The Balaban J connectivity index is 1.70. The summed E-state index contributed by atoms with van der Waals surface area (Å²) in [7, 11) is 0. The quantitative estimate of drug-likeness (QED) is 0.282. The molecule has 4 aromatic rings. The van der Waals surface area contributed by atoms with Crippen molar-refractivity contribution in [3.05, 3.63) is 143 Å². The van der Waals surface area contributed by atoms with Gasteiger partial charge in [0.25, 0.3) is 0 Å². The molecule has 0 aliphatic heterocycles. The largest absolute Gasteiger partial charge is 0.0801 e. The van der Waals surface area contributed by atoms with Gasteiger partial charge in [0.15, 0.2) is 0 Å². The van der Waals surface area contributed by atoms with E-state index in [1.807, 2.05) is 0 Å². The van der Waals surface area contributed by atoms with Crippen LogP contribution in [0.1, 0.15) is 35.6 Å². The standard InChI is InChI=1S/C32H26/c1-23-18-20-32(21-19-23,26-13-6-3-7-14-26)31-28(24-10-4-2-5-11-24)16-17-29-27-15-9-8-12-25(27)22-30(29)31/h2-20H,21-22H2,1H3.